The molecule has 180 valence electrons. The first-order valence-electron chi connectivity index (χ1n) is 11.6. The number of amides is 2. The molecule has 0 radical (unpaired) electrons. The van der Waals surface area contributed by atoms with Crippen molar-refractivity contribution in [1.82, 2.24) is 10.6 Å². The number of nitrogens with one attached hydrogen (secondary N) is 2. The second kappa shape index (κ2) is 11.0. The maximum Gasteiger partial charge on any atom is 0.407 e. The monoisotopic (exact) mass is 482 g/mol. The van der Waals surface area contributed by atoms with Gasteiger partial charge in [0.05, 0.1) is 0 Å². The van der Waals surface area contributed by atoms with Crippen LogP contribution >= 0.6 is 11.8 Å². The van der Waals surface area contributed by atoms with Crippen LogP contribution in [0.25, 0.3) is 11.1 Å². The summed E-state index contributed by atoms with van der Waals surface area (Å²) in [6, 6.07) is 14.4. The largest absolute Gasteiger partial charge is 0.480 e. The first kappa shape index (κ1) is 24.1. The third-order valence-corrected chi connectivity index (χ3v) is 7.09. The number of hydrogen-bond donors (Lipinski definition) is 3. The highest BCUT2D eigenvalue weighted by molar-refractivity contribution is 7.98. The molecule has 0 saturated heterocycles. The number of alkyl carbamates (subject to hydrolysis) is 1. The van der Waals surface area contributed by atoms with Crippen LogP contribution in [0, 0.1) is 5.92 Å². The van der Waals surface area contributed by atoms with Gasteiger partial charge in [0.25, 0.3) is 0 Å². The summed E-state index contributed by atoms with van der Waals surface area (Å²) in [5, 5.41) is 14.7. The quantitative estimate of drug-likeness (QED) is 0.447. The van der Waals surface area contributed by atoms with E-state index < -0.39 is 30.1 Å². The normalized spacial score (nSPS) is 16.1. The average Bonchev–Trinajstić information content (AvgIpc) is 3.60. The Hall–Kier alpha value is -3.00. The molecule has 3 N–H and O–H groups in total. The van der Waals surface area contributed by atoms with E-state index >= 15 is 0 Å². The van der Waals surface area contributed by atoms with Crippen LogP contribution in [0.1, 0.15) is 42.7 Å². The smallest absolute Gasteiger partial charge is 0.407 e. The van der Waals surface area contributed by atoms with Crippen molar-refractivity contribution in [2.24, 2.45) is 5.92 Å². The van der Waals surface area contributed by atoms with Gasteiger partial charge in [-0.25, -0.2) is 9.59 Å². The van der Waals surface area contributed by atoms with E-state index in [1.165, 1.54) is 0 Å². The lowest BCUT2D eigenvalue weighted by Crippen LogP contribution is -2.52. The van der Waals surface area contributed by atoms with Gasteiger partial charge < -0.3 is 20.5 Å². The summed E-state index contributed by atoms with van der Waals surface area (Å²) in [5.74, 6) is -0.629. The summed E-state index contributed by atoms with van der Waals surface area (Å²) in [4.78, 5) is 37.1. The second-order valence-corrected chi connectivity index (χ2v) is 9.87. The number of fused-ring (bicyclic) bond motifs is 3. The number of benzene rings is 2. The van der Waals surface area contributed by atoms with Crippen molar-refractivity contribution >= 4 is 29.7 Å². The first-order valence-corrected chi connectivity index (χ1v) is 13.0. The van der Waals surface area contributed by atoms with Crippen molar-refractivity contribution in [3.05, 3.63) is 59.7 Å². The van der Waals surface area contributed by atoms with Gasteiger partial charge in [-0.2, -0.15) is 11.8 Å². The Balaban J connectivity index is 1.38. The molecule has 0 aromatic heterocycles. The summed E-state index contributed by atoms with van der Waals surface area (Å²) >= 11 is 1.55. The predicted octanol–water partition coefficient (Wildman–Crippen LogP) is 4.02. The molecule has 2 aliphatic rings. The van der Waals surface area contributed by atoms with E-state index in [1.807, 2.05) is 42.7 Å². The number of carbonyl (C=O) groups is 3. The van der Waals surface area contributed by atoms with Crippen molar-refractivity contribution in [1.29, 1.82) is 0 Å². The van der Waals surface area contributed by atoms with Gasteiger partial charge in [-0.05, 0) is 53.0 Å². The number of carbonyl (C=O) groups excluding carboxylic acids is 2. The van der Waals surface area contributed by atoms with Gasteiger partial charge >= 0.3 is 12.1 Å². The standard InChI is InChI=1S/C26H30N2O5S/c1-34-13-12-22(24(29)27-23(25(30)31)14-16-10-11-16)28-26(32)33-15-21-19-8-4-2-6-17(19)18-7-3-5-9-20(18)21/h2-9,16,21-23H,10-15H2,1H3,(H,27,29)(H,28,32)(H,30,31). The van der Waals surface area contributed by atoms with Crippen LogP contribution < -0.4 is 10.6 Å². The lowest BCUT2D eigenvalue weighted by Gasteiger charge is -2.22. The Kier molecular flexibility index (Phi) is 7.77. The third-order valence-electron chi connectivity index (χ3n) is 6.44. The van der Waals surface area contributed by atoms with Crippen molar-refractivity contribution in [2.75, 3.05) is 18.6 Å². The maximum atomic E-state index is 12.8. The fraction of sp³-hybridized carbons (Fsp3) is 0.423. The van der Waals surface area contributed by atoms with E-state index in [-0.39, 0.29) is 12.5 Å². The van der Waals surface area contributed by atoms with Crippen LogP contribution in [0.2, 0.25) is 0 Å². The highest BCUT2D eigenvalue weighted by Crippen LogP contribution is 2.44. The molecule has 0 heterocycles. The molecule has 2 aliphatic carbocycles. The summed E-state index contributed by atoms with van der Waals surface area (Å²) in [7, 11) is 0. The number of rotatable bonds is 11. The molecule has 2 amide bonds. The molecular formula is C26H30N2O5S. The lowest BCUT2D eigenvalue weighted by atomic mass is 9.98. The summed E-state index contributed by atoms with van der Waals surface area (Å²) in [5.41, 5.74) is 4.49. The molecule has 34 heavy (non-hydrogen) atoms. The fourth-order valence-corrected chi connectivity index (χ4v) is 4.94. The van der Waals surface area contributed by atoms with E-state index in [2.05, 4.69) is 22.8 Å². The molecule has 0 bridgehead atoms. The van der Waals surface area contributed by atoms with E-state index in [4.69, 9.17) is 4.74 Å². The van der Waals surface area contributed by atoms with Crippen LogP contribution in [-0.4, -0.2) is 53.8 Å². The van der Waals surface area contributed by atoms with Crippen molar-refractivity contribution < 1.29 is 24.2 Å². The zero-order valence-corrected chi connectivity index (χ0v) is 20.0. The van der Waals surface area contributed by atoms with Gasteiger partial charge in [0.2, 0.25) is 5.91 Å². The highest BCUT2D eigenvalue weighted by atomic mass is 32.2. The van der Waals surface area contributed by atoms with Crippen LogP contribution in [0.5, 0.6) is 0 Å². The molecule has 0 spiro atoms. The summed E-state index contributed by atoms with van der Waals surface area (Å²) < 4.78 is 5.57. The minimum Gasteiger partial charge on any atom is -0.480 e. The van der Waals surface area contributed by atoms with E-state index in [1.54, 1.807) is 11.8 Å². The van der Waals surface area contributed by atoms with Gasteiger partial charge in [0.15, 0.2) is 0 Å². The van der Waals surface area contributed by atoms with E-state index in [0.29, 0.717) is 24.5 Å². The molecule has 2 unspecified atom stereocenters. The number of hydrogen-bond acceptors (Lipinski definition) is 5. The molecule has 2 atom stereocenters. The number of carboxylic acid groups (broad SMARTS) is 1. The maximum absolute atomic E-state index is 12.8. The molecule has 1 saturated carbocycles. The minimum atomic E-state index is -1.05. The van der Waals surface area contributed by atoms with E-state index in [0.717, 1.165) is 35.1 Å². The number of thioether (sulfide) groups is 1. The summed E-state index contributed by atoms with van der Waals surface area (Å²) in [6.07, 6.45) is 4.02. The van der Waals surface area contributed by atoms with Crippen LogP contribution in [0.15, 0.2) is 48.5 Å². The molecule has 7 nitrogen and oxygen atoms in total. The molecule has 2 aromatic carbocycles. The third kappa shape index (κ3) is 5.73. The van der Waals surface area contributed by atoms with Crippen LogP contribution in [0.3, 0.4) is 0 Å². The molecule has 4 rings (SSSR count). The molecule has 8 heteroatoms. The minimum absolute atomic E-state index is 0.0773. The van der Waals surface area contributed by atoms with Gasteiger partial charge in [-0.15, -0.1) is 0 Å². The van der Waals surface area contributed by atoms with Gasteiger partial charge in [-0.3, -0.25) is 4.79 Å². The second-order valence-electron chi connectivity index (χ2n) is 8.88. The molecule has 2 aromatic rings. The van der Waals surface area contributed by atoms with Crippen molar-refractivity contribution in [3.8, 4) is 11.1 Å². The zero-order chi connectivity index (χ0) is 24.1. The van der Waals surface area contributed by atoms with Crippen LogP contribution in [0.4, 0.5) is 4.79 Å². The Morgan fingerprint density at radius 2 is 1.62 bits per heavy atom. The Morgan fingerprint density at radius 1 is 1.00 bits per heavy atom. The fourth-order valence-electron chi connectivity index (χ4n) is 4.47. The average molecular weight is 483 g/mol. The van der Waals surface area contributed by atoms with Gasteiger partial charge in [-0.1, -0.05) is 61.4 Å². The molecular weight excluding hydrogens is 452 g/mol. The van der Waals surface area contributed by atoms with Crippen molar-refractivity contribution in [3.63, 3.8) is 0 Å². The summed E-state index contributed by atoms with van der Waals surface area (Å²) in [6.45, 7) is 0.149. The van der Waals surface area contributed by atoms with Crippen LogP contribution in [-0.2, 0) is 14.3 Å². The van der Waals surface area contributed by atoms with Gasteiger partial charge in [0, 0.05) is 5.92 Å². The number of ether oxygens (including phenoxy) is 1. The van der Waals surface area contributed by atoms with Crippen molar-refractivity contribution in [2.45, 2.75) is 43.7 Å². The Bertz CT molecular complexity index is 1010. The van der Waals surface area contributed by atoms with Gasteiger partial charge in [0.1, 0.15) is 18.7 Å². The molecule has 0 aliphatic heterocycles. The SMILES string of the molecule is CSCCC(NC(=O)OCC1c2ccccc2-c2ccccc21)C(=O)NC(CC1CC1)C(=O)O. The zero-order valence-electron chi connectivity index (χ0n) is 19.2. The Labute approximate surface area is 203 Å². The number of aliphatic carboxylic acids is 1. The lowest BCUT2D eigenvalue weighted by molar-refractivity contribution is -0.142. The predicted molar refractivity (Wildman–Crippen MR) is 132 cm³/mol. The highest BCUT2D eigenvalue weighted by Gasteiger charge is 2.33. The number of carboxylic acids is 1. The van der Waals surface area contributed by atoms with E-state index in [9.17, 15) is 19.5 Å². The Morgan fingerprint density at radius 3 is 2.18 bits per heavy atom. The first-order chi connectivity index (χ1) is 16.5. The molecule has 1 fully saturated rings. The topological polar surface area (TPSA) is 105 Å².